The Morgan fingerprint density at radius 2 is 1.70 bits per heavy atom. The van der Waals surface area contributed by atoms with Crippen molar-refractivity contribution in [3.8, 4) is 0 Å². The van der Waals surface area contributed by atoms with Gasteiger partial charge in [-0.1, -0.05) is 12.1 Å². The second-order valence-corrected chi connectivity index (χ2v) is 8.29. The first-order valence-electron chi connectivity index (χ1n) is 9.92. The van der Waals surface area contributed by atoms with Crippen LogP contribution in [0.1, 0.15) is 61.3 Å². The zero-order chi connectivity index (χ0) is 22.5. The van der Waals surface area contributed by atoms with Crippen molar-refractivity contribution < 1.29 is 29.0 Å². The standard InChI is InChI=1S/C21H29N3O6/c1-14(22-19(27)30-21(2,3)4)13-23(20(28)29)11-7-8-12-24-17(25)15-9-5-6-10-16(15)18(24)26/h5-6,9-10,14H,7-8,11-13H2,1-4H3,(H,22,27)(H,28,29)/t14-/m0/s1. The minimum Gasteiger partial charge on any atom is -0.465 e. The maximum Gasteiger partial charge on any atom is 0.407 e. The van der Waals surface area contributed by atoms with Gasteiger partial charge in [0.2, 0.25) is 0 Å². The van der Waals surface area contributed by atoms with Crippen molar-refractivity contribution >= 4 is 24.0 Å². The van der Waals surface area contributed by atoms with Crippen molar-refractivity contribution in [2.45, 2.75) is 52.2 Å². The molecule has 164 valence electrons. The Labute approximate surface area is 176 Å². The van der Waals surface area contributed by atoms with Crippen molar-refractivity contribution in [3.63, 3.8) is 0 Å². The molecule has 0 aromatic heterocycles. The largest absolute Gasteiger partial charge is 0.465 e. The Morgan fingerprint density at radius 1 is 1.13 bits per heavy atom. The van der Waals surface area contributed by atoms with Crippen LogP contribution < -0.4 is 5.32 Å². The number of fused-ring (bicyclic) bond motifs is 1. The van der Waals surface area contributed by atoms with Gasteiger partial charge in [0.25, 0.3) is 11.8 Å². The number of rotatable bonds is 8. The average molecular weight is 419 g/mol. The molecule has 0 saturated heterocycles. The number of alkyl carbamates (subject to hydrolysis) is 1. The Morgan fingerprint density at radius 3 is 2.20 bits per heavy atom. The molecule has 2 rings (SSSR count). The lowest BCUT2D eigenvalue weighted by Gasteiger charge is -2.26. The van der Waals surface area contributed by atoms with Gasteiger partial charge in [-0.05, 0) is 52.7 Å². The van der Waals surface area contributed by atoms with Crippen molar-refractivity contribution in [3.05, 3.63) is 35.4 Å². The van der Waals surface area contributed by atoms with E-state index in [4.69, 9.17) is 4.74 Å². The van der Waals surface area contributed by atoms with Gasteiger partial charge in [0.15, 0.2) is 0 Å². The molecule has 0 saturated carbocycles. The number of carboxylic acid groups (broad SMARTS) is 1. The maximum atomic E-state index is 12.3. The van der Waals surface area contributed by atoms with E-state index in [-0.39, 0.29) is 31.4 Å². The topological polar surface area (TPSA) is 116 Å². The predicted octanol–water partition coefficient (Wildman–Crippen LogP) is 2.96. The number of nitrogens with zero attached hydrogens (tertiary/aromatic N) is 2. The van der Waals surface area contributed by atoms with Gasteiger partial charge in [-0.3, -0.25) is 14.5 Å². The molecule has 0 radical (unpaired) electrons. The quantitative estimate of drug-likeness (QED) is 0.494. The lowest BCUT2D eigenvalue weighted by atomic mass is 10.1. The van der Waals surface area contributed by atoms with Crippen LogP contribution in [0.25, 0.3) is 0 Å². The van der Waals surface area contributed by atoms with Gasteiger partial charge in [0, 0.05) is 25.7 Å². The molecule has 4 amide bonds. The number of imide groups is 1. The van der Waals surface area contributed by atoms with Crippen molar-refractivity contribution in [2.75, 3.05) is 19.6 Å². The van der Waals surface area contributed by atoms with E-state index in [0.29, 0.717) is 24.0 Å². The summed E-state index contributed by atoms with van der Waals surface area (Å²) in [5.74, 6) is -0.637. The van der Waals surface area contributed by atoms with E-state index in [1.54, 1.807) is 52.0 Å². The van der Waals surface area contributed by atoms with Gasteiger partial charge in [-0.2, -0.15) is 0 Å². The van der Waals surface area contributed by atoms with Crippen molar-refractivity contribution in [1.29, 1.82) is 0 Å². The fourth-order valence-electron chi connectivity index (χ4n) is 3.16. The number of hydrogen-bond donors (Lipinski definition) is 2. The van der Waals surface area contributed by atoms with Crippen LogP contribution >= 0.6 is 0 Å². The van der Waals surface area contributed by atoms with Gasteiger partial charge >= 0.3 is 12.2 Å². The van der Waals surface area contributed by atoms with Crippen LogP contribution in [0, 0.1) is 0 Å². The summed E-state index contributed by atoms with van der Waals surface area (Å²) in [6.45, 7) is 7.48. The summed E-state index contributed by atoms with van der Waals surface area (Å²) in [5, 5.41) is 12.0. The van der Waals surface area contributed by atoms with Crippen molar-refractivity contribution in [2.24, 2.45) is 0 Å². The van der Waals surface area contributed by atoms with Crippen LogP contribution in [-0.4, -0.2) is 70.2 Å². The molecule has 1 heterocycles. The number of nitrogens with one attached hydrogen (secondary N) is 1. The summed E-state index contributed by atoms with van der Waals surface area (Å²) in [6, 6.07) is 6.24. The fourth-order valence-corrected chi connectivity index (χ4v) is 3.16. The Balaban J connectivity index is 1.79. The molecular formula is C21H29N3O6. The Kier molecular flexibility index (Phi) is 7.42. The van der Waals surface area contributed by atoms with E-state index in [1.807, 2.05) is 0 Å². The Bertz CT molecular complexity index is 782. The molecule has 1 atom stereocenters. The SMILES string of the molecule is C[C@@H](CN(CCCCN1C(=O)c2ccccc2C1=O)C(=O)O)NC(=O)OC(C)(C)C. The van der Waals surface area contributed by atoms with E-state index in [9.17, 15) is 24.3 Å². The number of carbonyl (C=O) groups is 4. The van der Waals surface area contributed by atoms with Gasteiger partial charge in [-0.25, -0.2) is 9.59 Å². The number of benzene rings is 1. The molecule has 1 aromatic rings. The van der Waals surface area contributed by atoms with E-state index in [1.165, 1.54) is 9.80 Å². The third-order valence-electron chi connectivity index (χ3n) is 4.47. The van der Waals surface area contributed by atoms with Gasteiger partial charge in [-0.15, -0.1) is 0 Å². The number of unbranched alkanes of at least 4 members (excludes halogenated alkanes) is 1. The highest BCUT2D eigenvalue weighted by atomic mass is 16.6. The van der Waals surface area contributed by atoms with Crippen LogP contribution in [0.4, 0.5) is 9.59 Å². The summed E-state index contributed by atoms with van der Waals surface area (Å²) in [7, 11) is 0. The molecule has 0 spiro atoms. The molecule has 0 unspecified atom stereocenters. The lowest BCUT2D eigenvalue weighted by Crippen LogP contribution is -2.45. The first kappa shape index (κ1) is 23.2. The monoisotopic (exact) mass is 419 g/mol. The van der Waals surface area contributed by atoms with Gasteiger partial charge < -0.3 is 20.1 Å². The molecule has 9 heteroatoms. The molecular weight excluding hydrogens is 390 g/mol. The molecule has 0 bridgehead atoms. The predicted molar refractivity (Wildman–Crippen MR) is 109 cm³/mol. The van der Waals surface area contributed by atoms with Crippen molar-refractivity contribution in [1.82, 2.24) is 15.1 Å². The number of amides is 4. The first-order valence-corrected chi connectivity index (χ1v) is 9.92. The molecule has 1 aromatic carbocycles. The van der Waals surface area contributed by atoms with Gasteiger partial charge in [0.1, 0.15) is 5.60 Å². The average Bonchev–Trinajstić information content (AvgIpc) is 2.87. The summed E-state index contributed by atoms with van der Waals surface area (Å²) in [6.07, 6.45) is -0.762. The highest BCUT2D eigenvalue weighted by Crippen LogP contribution is 2.22. The van der Waals surface area contributed by atoms with E-state index in [2.05, 4.69) is 5.32 Å². The first-order chi connectivity index (χ1) is 14.0. The molecule has 1 aliphatic rings. The normalized spacial score (nSPS) is 14.3. The van der Waals surface area contributed by atoms with Crippen LogP contribution in [0.2, 0.25) is 0 Å². The summed E-state index contributed by atoms with van der Waals surface area (Å²) >= 11 is 0. The maximum absolute atomic E-state index is 12.3. The number of hydrogen-bond acceptors (Lipinski definition) is 5. The van der Waals surface area contributed by atoms with Crippen LogP contribution in [0.5, 0.6) is 0 Å². The van der Waals surface area contributed by atoms with Crippen LogP contribution in [0.15, 0.2) is 24.3 Å². The molecule has 0 fully saturated rings. The summed E-state index contributed by atoms with van der Waals surface area (Å²) in [5.41, 5.74) is 0.161. The second-order valence-electron chi connectivity index (χ2n) is 8.29. The molecule has 2 N–H and O–H groups in total. The highest BCUT2D eigenvalue weighted by Gasteiger charge is 2.34. The smallest absolute Gasteiger partial charge is 0.407 e. The zero-order valence-electron chi connectivity index (χ0n) is 17.8. The number of carbonyl (C=O) groups excluding carboxylic acids is 3. The third-order valence-corrected chi connectivity index (χ3v) is 4.47. The van der Waals surface area contributed by atoms with E-state index in [0.717, 1.165) is 0 Å². The molecule has 9 nitrogen and oxygen atoms in total. The fraction of sp³-hybridized carbons (Fsp3) is 0.524. The molecule has 0 aliphatic carbocycles. The van der Waals surface area contributed by atoms with Crippen LogP contribution in [-0.2, 0) is 4.74 Å². The van der Waals surface area contributed by atoms with Gasteiger partial charge in [0.05, 0.1) is 11.1 Å². The second kappa shape index (κ2) is 9.60. The van der Waals surface area contributed by atoms with E-state index < -0.39 is 23.8 Å². The minimum atomic E-state index is -1.10. The minimum absolute atomic E-state index is 0.0988. The van der Waals surface area contributed by atoms with Crippen LogP contribution in [0.3, 0.4) is 0 Å². The zero-order valence-corrected chi connectivity index (χ0v) is 17.8. The van der Waals surface area contributed by atoms with E-state index >= 15 is 0 Å². The number of ether oxygens (including phenoxy) is 1. The summed E-state index contributed by atoms with van der Waals surface area (Å²) in [4.78, 5) is 50.4. The molecule has 1 aliphatic heterocycles. The third kappa shape index (κ3) is 6.20. The Hall–Kier alpha value is -3.10. The lowest BCUT2D eigenvalue weighted by molar-refractivity contribution is 0.0494. The highest BCUT2D eigenvalue weighted by molar-refractivity contribution is 6.21. The molecule has 30 heavy (non-hydrogen) atoms. The summed E-state index contributed by atoms with van der Waals surface area (Å²) < 4.78 is 5.17.